The summed E-state index contributed by atoms with van der Waals surface area (Å²) in [4.78, 5) is 0. The molecule has 2 N–H and O–H groups in total. The molecule has 2 aliphatic rings. The summed E-state index contributed by atoms with van der Waals surface area (Å²) in [5.41, 5.74) is 0.860. The van der Waals surface area contributed by atoms with Gasteiger partial charge in [0.05, 0.1) is 0 Å². The molecule has 1 spiro atoms. The highest BCUT2D eigenvalue weighted by atomic mass is 15.1. The third-order valence-electron chi connectivity index (χ3n) is 4.81. The molecule has 0 amide bonds. The first kappa shape index (κ1) is 11.4. The first-order chi connectivity index (χ1) is 7.06. The summed E-state index contributed by atoms with van der Waals surface area (Å²) in [5.74, 6) is 0.744. The van der Waals surface area contributed by atoms with Gasteiger partial charge in [-0.3, -0.25) is 0 Å². The van der Waals surface area contributed by atoms with Crippen molar-refractivity contribution in [3.8, 4) is 0 Å². The van der Waals surface area contributed by atoms with Crippen molar-refractivity contribution in [1.82, 2.24) is 10.6 Å². The van der Waals surface area contributed by atoms with E-state index in [1.165, 1.54) is 45.3 Å². The van der Waals surface area contributed by atoms with Gasteiger partial charge in [0, 0.05) is 25.2 Å². The molecule has 1 aliphatic carbocycles. The smallest absolute Gasteiger partial charge is 0.0306 e. The molecule has 15 heavy (non-hydrogen) atoms. The zero-order chi connectivity index (χ0) is 10.9. The molecule has 0 radical (unpaired) electrons. The van der Waals surface area contributed by atoms with Crippen LogP contribution in [0, 0.1) is 11.3 Å². The zero-order valence-electron chi connectivity index (χ0n) is 10.5. The Morgan fingerprint density at radius 3 is 2.27 bits per heavy atom. The maximum Gasteiger partial charge on any atom is 0.0306 e. The molecule has 0 aromatic heterocycles. The minimum atomic E-state index is 0.423. The van der Waals surface area contributed by atoms with Crippen LogP contribution in [0.2, 0.25) is 0 Å². The third-order valence-corrected chi connectivity index (χ3v) is 4.81. The van der Waals surface area contributed by atoms with Crippen molar-refractivity contribution in [2.24, 2.45) is 11.3 Å². The van der Waals surface area contributed by atoms with Crippen molar-refractivity contribution >= 4 is 0 Å². The minimum Gasteiger partial charge on any atom is -0.314 e. The van der Waals surface area contributed by atoms with Crippen molar-refractivity contribution in [3.63, 3.8) is 0 Å². The Morgan fingerprint density at radius 2 is 1.67 bits per heavy atom. The van der Waals surface area contributed by atoms with Crippen LogP contribution in [0.3, 0.4) is 0 Å². The summed E-state index contributed by atoms with van der Waals surface area (Å²) in [6.45, 7) is 10.6. The van der Waals surface area contributed by atoms with Crippen LogP contribution in [-0.2, 0) is 0 Å². The number of rotatable bonds is 1. The predicted molar refractivity (Wildman–Crippen MR) is 65.0 cm³/mol. The molecule has 0 aromatic carbocycles. The van der Waals surface area contributed by atoms with Crippen LogP contribution in [0.5, 0.6) is 0 Å². The first-order valence-electron chi connectivity index (χ1n) is 6.52. The molecule has 1 heterocycles. The Balaban J connectivity index is 2.03. The normalized spacial score (nSPS) is 36.0. The molecule has 0 aromatic rings. The molecule has 1 aliphatic heterocycles. The lowest BCUT2D eigenvalue weighted by molar-refractivity contribution is 0.208. The van der Waals surface area contributed by atoms with Crippen LogP contribution >= 0.6 is 0 Å². The summed E-state index contributed by atoms with van der Waals surface area (Å²) < 4.78 is 0. The highest BCUT2D eigenvalue weighted by Crippen LogP contribution is 2.34. The largest absolute Gasteiger partial charge is 0.314 e. The predicted octanol–water partition coefficient (Wildman–Crippen LogP) is 2.15. The van der Waals surface area contributed by atoms with Gasteiger partial charge in [-0.2, -0.15) is 0 Å². The first-order valence-corrected chi connectivity index (χ1v) is 6.52. The highest BCUT2D eigenvalue weighted by Gasteiger charge is 2.39. The lowest BCUT2D eigenvalue weighted by Gasteiger charge is -2.34. The second-order valence-corrected chi connectivity index (χ2v) is 6.25. The molecule has 2 fully saturated rings. The Bertz CT molecular complexity index is 213. The van der Waals surface area contributed by atoms with Gasteiger partial charge < -0.3 is 10.6 Å². The van der Waals surface area contributed by atoms with Gasteiger partial charge in [-0.1, -0.05) is 33.6 Å². The van der Waals surface area contributed by atoms with Crippen molar-refractivity contribution < 1.29 is 0 Å². The van der Waals surface area contributed by atoms with Crippen LogP contribution in [-0.4, -0.2) is 25.2 Å². The summed E-state index contributed by atoms with van der Waals surface area (Å²) in [6, 6.07) is 0. The minimum absolute atomic E-state index is 0.423. The van der Waals surface area contributed by atoms with Gasteiger partial charge in [-0.05, 0) is 24.2 Å². The van der Waals surface area contributed by atoms with Gasteiger partial charge in [0.15, 0.2) is 0 Å². The van der Waals surface area contributed by atoms with Gasteiger partial charge in [0.1, 0.15) is 0 Å². The maximum absolute atomic E-state index is 3.87. The second-order valence-electron chi connectivity index (χ2n) is 6.25. The monoisotopic (exact) mass is 210 g/mol. The standard InChI is InChI=1S/C13H26N2/c1-11(2)12(3)8-14-10-13(15-9-12)6-4-5-7-13/h11,14-15H,4-10H2,1-3H3. The van der Waals surface area contributed by atoms with E-state index in [-0.39, 0.29) is 0 Å². The second kappa shape index (κ2) is 4.06. The Labute approximate surface area is 94.2 Å². The van der Waals surface area contributed by atoms with Crippen molar-refractivity contribution in [3.05, 3.63) is 0 Å². The van der Waals surface area contributed by atoms with Crippen molar-refractivity contribution in [2.75, 3.05) is 19.6 Å². The average molecular weight is 210 g/mol. The lowest BCUT2D eigenvalue weighted by Crippen LogP contribution is -2.49. The third kappa shape index (κ3) is 2.21. The highest BCUT2D eigenvalue weighted by molar-refractivity contribution is 5.00. The summed E-state index contributed by atoms with van der Waals surface area (Å²) in [7, 11) is 0. The summed E-state index contributed by atoms with van der Waals surface area (Å²) in [6.07, 6.45) is 5.56. The number of hydrogen-bond donors (Lipinski definition) is 2. The van der Waals surface area contributed by atoms with Gasteiger partial charge in [0.25, 0.3) is 0 Å². The van der Waals surface area contributed by atoms with Gasteiger partial charge >= 0.3 is 0 Å². The molecule has 0 bridgehead atoms. The molecule has 2 nitrogen and oxygen atoms in total. The topological polar surface area (TPSA) is 24.1 Å². The van der Waals surface area contributed by atoms with Crippen LogP contribution in [0.4, 0.5) is 0 Å². The summed E-state index contributed by atoms with van der Waals surface area (Å²) >= 11 is 0. The van der Waals surface area contributed by atoms with Crippen molar-refractivity contribution in [1.29, 1.82) is 0 Å². The van der Waals surface area contributed by atoms with E-state index < -0.39 is 0 Å². The van der Waals surface area contributed by atoms with E-state index in [9.17, 15) is 0 Å². The fraction of sp³-hybridized carbons (Fsp3) is 1.00. The van der Waals surface area contributed by atoms with E-state index in [4.69, 9.17) is 0 Å². The van der Waals surface area contributed by atoms with E-state index in [1.54, 1.807) is 0 Å². The molecular weight excluding hydrogens is 184 g/mol. The van der Waals surface area contributed by atoms with Crippen LogP contribution in [0.1, 0.15) is 46.5 Å². The molecular formula is C13H26N2. The van der Waals surface area contributed by atoms with E-state index in [0.29, 0.717) is 11.0 Å². The van der Waals surface area contributed by atoms with Crippen LogP contribution in [0.25, 0.3) is 0 Å². The molecule has 1 unspecified atom stereocenters. The van der Waals surface area contributed by atoms with E-state index in [1.807, 2.05) is 0 Å². The average Bonchev–Trinajstić information content (AvgIpc) is 2.56. The van der Waals surface area contributed by atoms with Crippen LogP contribution in [0.15, 0.2) is 0 Å². The fourth-order valence-corrected chi connectivity index (χ4v) is 2.92. The lowest BCUT2D eigenvalue weighted by atomic mass is 9.79. The molecule has 1 atom stereocenters. The van der Waals surface area contributed by atoms with Crippen molar-refractivity contribution in [2.45, 2.75) is 52.0 Å². The van der Waals surface area contributed by atoms with Gasteiger partial charge in [-0.25, -0.2) is 0 Å². The molecule has 2 heteroatoms. The molecule has 1 saturated carbocycles. The van der Waals surface area contributed by atoms with Gasteiger partial charge in [-0.15, -0.1) is 0 Å². The maximum atomic E-state index is 3.87. The summed E-state index contributed by atoms with van der Waals surface area (Å²) in [5, 5.41) is 7.56. The fourth-order valence-electron chi connectivity index (χ4n) is 2.92. The Kier molecular flexibility index (Phi) is 3.09. The molecule has 1 saturated heterocycles. The van der Waals surface area contributed by atoms with E-state index in [0.717, 1.165) is 5.92 Å². The van der Waals surface area contributed by atoms with Gasteiger partial charge in [0.2, 0.25) is 0 Å². The molecule has 88 valence electrons. The number of hydrogen-bond acceptors (Lipinski definition) is 2. The Morgan fingerprint density at radius 1 is 1.00 bits per heavy atom. The zero-order valence-corrected chi connectivity index (χ0v) is 10.5. The van der Waals surface area contributed by atoms with E-state index >= 15 is 0 Å². The number of nitrogens with one attached hydrogen (secondary N) is 2. The SMILES string of the molecule is CC(C)C1(C)CNCC2(CCCC2)NC1. The quantitative estimate of drug-likeness (QED) is 0.693. The molecule has 2 rings (SSSR count). The van der Waals surface area contributed by atoms with Crippen LogP contribution < -0.4 is 10.6 Å². The Hall–Kier alpha value is -0.0800. The van der Waals surface area contributed by atoms with E-state index in [2.05, 4.69) is 31.4 Å².